The second-order valence-corrected chi connectivity index (χ2v) is 6.17. The van der Waals surface area contributed by atoms with Crippen LogP contribution in [0.1, 0.15) is 44.8 Å². The van der Waals surface area contributed by atoms with Gasteiger partial charge in [0.2, 0.25) is 0 Å². The van der Waals surface area contributed by atoms with Crippen LogP contribution in [0, 0.1) is 0 Å². The van der Waals surface area contributed by atoms with Gasteiger partial charge in [-0.05, 0) is 38.7 Å². The molecular weight excluding hydrogens is 250 g/mol. The second kappa shape index (κ2) is 7.21. The maximum atomic E-state index is 6.10. The van der Waals surface area contributed by atoms with E-state index in [2.05, 4.69) is 43.4 Å². The molecule has 1 fully saturated rings. The molecule has 1 unspecified atom stereocenters. The zero-order chi connectivity index (χ0) is 14.4. The van der Waals surface area contributed by atoms with Gasteiger partial charge in [-0.15, -0.1) is 0 Å². The third-order valence-corrected chi connectivity index (χ3v) is 3.92. The summed E-state index contributed by atoms with van der Waals surface area (Å²) in [5.41, 5.74) is 1.13. The monoisotopic (exact) mass is 277 g/mol. The van der Waals surface area contributed by atoms with Gasteiger partial charge in [-0.25, -0.2) is 0 Å². The normalized spacial score (nSPS) is 17.1. The van der Waals surface area contributed by atoms with Gasteiger partial charge in [-0.3, -0.25) is 0 Å². The highest BCUT2D eigenvalue weighted by Gasteiger charge is 2.23. The van der Waals surface area contributed by atoms with Crippen LogP contribution in [0.25, 0.3) is 0 Å². The van der Waals surface area contributed by atoms with E-state index in [4.69, 9.17) is 9.47 Å². The maximum absolute atomic E-state index is 6.10. The molecule has 3 nitrogen and oxygen atoms in total. The number of benzene rings is 1. The van der Waals surface area contributed by atoms with Crippen LogP contribution in [0.4, 0.5) is 0 Å². The van der Waals surface area contributed by atoms with Crippen molar-refractivity contribution in [1.82, 2.24) is 5.32 Å². The van der Waals surface area contributed by atoms with E-state index in [0.717, 1.165) is 13.0 Å². The molecule has 2 rings (SSSR count). The van der Waals surface area contributed by atoms with Crippen molar-refractivity contribution >= 4 is 0 Å². The molecule has 1 aromatic rings. The molecule has 0 amide bonds. The van der Waals surface area contributed by atoms with E-state index in [9.17, 15) is 0 Å². The Bertz CT molecular complexity index is 387. The first-order chi connectivity index (χ1) is 9.61. The number of ether oxygens (including phenoxy) is 2. The van der Waals surface area contributed by atoms with Crippen molar-refractivity contribution in [2.45, 2.75) is 50.9 Å². The van der Waals surface area contributed by atoms with Crippen molar-refractivity contribution < 1.29 is 9.47 Å². The van der Waals surface area contributed by atoms with E-state index in [1.165, 1.54) is 18.4 Å². The molecule has 1 saturated carbocycles. The summed E-state index contributed by atoms with van der Waals surface area (Å²) < 4.78 is 11.5. The largest absolute Gasteiger partial charge is 0.379 e. The zero-order valence-electron chi connectivity index (χ0n) is 12.9. The third kappa shape index (κ3) is 5.23. The predicted molar refractivity (Wildman–Crippen MR) is 81.9 cm³/mol. The average molecular weight is 277 g/mol. The standard InChI is InChI=1S/C17H27NO2/c1-17(2,19-3)11-12-20-16(13-18-15-9-10-15)14-7-5-4-6-8-14/h4-8,15-16,18H,9-13H2,1-3H3. The first-order valence-corrected chi connectivity index (χ1v) is 7.56. The molecule has 0 aliphatic heterocycles. The Balaban J connectivity index is 1.85. The smallest absolute Gasteiger partial charge is 0.0949 e. The number of hydrogen-bond acceptors (Lipinski definition) is 3. The summed E-state index contributed by atoms with van der Waals surface area (Å²) in [7, 11) is 1.75. The fraction of sp³-hybridized carbons (Fsp3) is 0.647. The Hall–Kier alpha value is -0.900. The molecule has 1 aromatic carbocycles. The molecule has 0 heterocycles. The second-order valence-electron chi connectivity index (χ2n) is 6.17. The lowest BCUT2D eigenvalue weighted by molar-refractivity contribution is -0.0272. The van der Waals surface area contributed by atoms with Crippen LogP contribution in [-0.2, 0) is 9.47 Å². The first-order valence-electron chi connectivity index (χ1n) is 7.56. The summed E-state index contributed by atoms with van der Waals surface area (Å²) in [6.07, 6.45) is 3.64. The molecule has 0 saturated heterocycles. The van der Waals surface area contributed by atoms with Crippen molar-refractivity contribution in [2.75, 3.05) is 20.3 Å². The lowest BCUT2D eigenvalue weighted by atomic mass is 10.1. The lowest BCUT2D eigenvalue weighted by Gasteiger charge is -2.25. The van der Waals surface area contributed by atoms with Crippen LogP contribution in [0.5, 0.6) is 0 Å². The average Bonchev–Trinajstić information content (AvgIpc) is 3.27. The van der Waals surface area contributed by atoms with Crippen molar-refractivity contribution in [1.29, 1.82) is 0 Å². The molecule has 1 N–H and O–H groups in total. The van der Waals surface area contributed by atoms with E-state index in [1.807, 2.05) is 6.07 Å². The zero-order valence-corrected chi connectivity index (χ0v) is 12.9. The van der Waals surface area contributed by atoms with Gasteiger partial charge >= 0.3 is 0 Å². The van der Waals surface area contributed by atoms with Crippen molar-refractivity contribution in [2.24, 2.45) is 0 Å². The van der Waals surface area contributed by atoms with Gasteiger partial charge in [0.15, 0.2) is 0 Å². The van der Waals surface area contributed by atoms with Crippen LogP contribution in [0.3, 0.4) is 0 Å². The van der Waals surface area contributed by atoms with Gasteiger partial charge in [0.1, 0.15) is 0 Å². The molecule has 1 aliphatic carbocycles. The molecule has 0 radical (unpaired) electrons. The highest BCUT2D eigenvalue weighted by molar-refractivity contribution is 5.18. The maximum Gasteiger partial charge on any atom is 0.0949 e. The van der Waals surface area contributed by atoms with Gasteiger partial charge in [0.25, 0.3) is 0 Å². The number of methoxy groups -OCH3 is 1. The summed E-state index contributed by atoms with van der Waals surface area (Å²) in [5.74, 6) is 0. The van der Waals surface area contributed by atoms with Crippen LogP contribution in [0.2, 0.25) is 0 Å². The van der Waals surface area contributed by atoms with E-state index in [1.54, 1.807) is 7.11 Å². The minimum atomic E-state index is -0.120. The van der Waals surface area contributed by atoms with Crippen LogP contribution in [0.15, 0.2) is 30.3 Å². The molecule has 0 aromatic heterocycles. The fourth-order valence-corrected chi connectivity index (χ4v) is 2.05. The Kier molecular flexibility index (Phi) is 5.58. The molecule has 0 spiro atoms. The quantitative estimate of drug-likeness (QED) is 0.751. The van der Waals surface area contributed by atoms with Gasteiger partial charge in [-0.2, -0.15) is 0 Å². The Morgan fingerprint density at radius 2 is 1.95 bits per heavy atom. The highest BCUT2D eigenvalue weighted by Crippen LogP contribution is 2.23. The summed E-state index contributed by atoms with van der Waals surface area (Å²) in [5, 5.41) is 3.56. The SMILES string of the molecule is COC(C)(C)CCOC(CNC1CC1)c1ccccc1. The Morgan fingerprint density at radius 1 is 1.25 bits per heavy atom. The van der Waals surface area contributed by atoms with E-state index in [-0.39, 0.29) is 11.7 Å². The molecule has 1 atom stereocenters. The Labute approximate surface area is 122 Å². The van der Waals surface area contributed by atoms with Gasteiger partial charge < -0.3 is 14.8 Å². The van der Waals surface area contributed by atoms with Gasteiger partial charge in [0.05, 0.1) is 18.3 Å². The van der Waals surface area contributed by atoms with Crippen LogP contribution in [-0.4, -0.2) is 31.9 Å². The minimum absolute atomic E-state index is 0.120. The molecule has 20 heavy (non-hydrogen) atoms. The number of nitrogens with one attached hydrogen (secondary N) is 1. The molecule has 112 valence electrons. The van der Waals surface area contributed by atoms with Crippen LogP contribution >= 0.6 is 0 Å². The summed E-state index contributed by atoms with van der Waals surface area (Å²) in [6.45, 7) is 5.79. The van der Waals surface area contributed by atoms with Gasteiger partial charge in [0, 0.05) is 19.7 Å². The molecular formula is C17H27NO2. The molecule has 0 bridgehead atoms. The number of rotatable bonds is 9. The third-order valence-electron chi connectivity index (χ3n) is 3.92. The van der Waals surface area contributed by atoms with E-state index < -0.39 is 0 Å². The fourth-order valence-electron chi connectivity index (χ4n) is 2.05. The van der Waals surface area contributed by atoms with E-state index in [0.29, 0.717) is 12.6 Å². The van der Waals surface area contributed by atoms with Crippen molar-refractivity contribution in [3.05, 3.63) is 35.9 Å². The molecule has 1 aliphatic rings. The van der Waals surface area contributed by atoms with Crippen molar-refractivity contribution in [3.63, 3.8) is 0 Å². The summed E-state index contributed by atoms with van der Waals surface area (Å²) >= 11 is 0. The van der Waals surface area contributed by atoms with E-state index >= 15 is 0 Å². The number of hydrogen-bond donors (Lipinski definition) is 1. The highest BCUT2D eigenvalue weighted by atomic mass is 16.5. The minimum Gasteiger partial charge on any atom is -0.379 e. The Morgan fingerprint density at radius 3 is 2.55 bits per heavy atom. The first kappa shape index (κ1) is 15.5. The van der Waals surface area contributed by atoms with Gasteiger partial charge in [-0.1, -0.05) is 30.3 Å². The topological polar surface area (TPSA) is 30.5 Å². The van der Waals surface area contributed by atoms with Crippen LogP contribution < -0.4 is 5.32 Å². The predicted octanol–water partition coefficient (Wildman–Crippen LogP) is 3.31. The lowest BCUT2D eigenvalue weighted by Crippen LogP contribution is -2.28. The summed E-state index contributed by atoms with van der Waals surface area (Å²) in [4.78, 5) is 0. The summed E-state index contributed by atoms with van der Waals surface area (Å²) in [6, 6.07) is 11.2. The van der Waals surface area contributed by atoms with Crippen molar-refractivity contribution in [3.8, 4) is 0 Å². The molecule has 3 heteroatoms.